The minimum absolute atomic E-state index is 0.120. The Morgan fingerprint density at radius 1 is 0.654 bits per heavy atom. The predicted molar refractivity (Wildman–Crippen MR) is 107 cm³/mol. The summed E-state index contributed by atoms with van der Waals surface area (Å²) in [5.74, 6) is 0. The van der Waals surface area contributed by atoms with E-state index in [1.165, 1.54) is 11.1 Å². The standard InChI is InChI=1S/C24H27NO/c1-18-6-8-20(9-7-18)24(26-5,22-14-16-25-17-15-22)21-12-10-19(11-13-21)23(2,3)4/h6-17H,1-5H3. The minimum Gasteiger partial charge on any atom is -0.364 e. The smallest absolute Gasteiger partial charge is 0.143 e. The van der Waals surface area contributed by atoms with Gasteiger partial charge in [0.2, 0.25) is 0 Å². The van der Waals surface area contributed by atoms with Crippen molar-refractivity contribution in [2.75, 3.05) is 7.11 Å². The number of aromatic nitrogens is 1. The maximum atomic E-state index is 6.23. The summed E-state index contributed by atoms with van der Waals surface area (Å²) >= 11 is 0. The van der Waals surface area contributed by atoms with E-state index in [2.05, 4.69) is 81.2 Å². The highest BCUT2D eigenvalue weighted by molar-refractivity contribution is 5.48. The maximum Gasteiger partial charge on any atom is 0.143 e. The summed E-state index contributed by atoms with van der Waals surface area (Å²) in [6, 6.07) is 21.4. The quantitative estimate of drug-likeness (QED) is 0.612. The normalized spacial score (nSPS) is 14.0. The van der Waals surface area contributed by atoms with Gasteiger partial charge in [0.25, 0.3) is 0 Å². The van der Waals surface area contributed by atoms with Gasteiger partial charge in [-0.05, 0) is 46.7 Å². The first-order valence-electron chi connectivity index (χ1n) is 9.02. The molecule has 0 fully saturated rings. The average Bonchev–Trinajstić information content (AvgIpc) is 2.65. The van der Waals surface area contributed by atoms with Gasteiger partial charge in [0.05, 0.1) is 0 Å². The molecule has 0 amide bonds. The Morgan fingerprint density at radius 2 is 1.08 bits per heavy atom. The Labute approximate surface area is 156 Å². The third kappa shape index (κ3) is 3.30. The van der Waals surface area contributed by atoms with Gasteiger partial charge in [0.15, 0.2) is 0 Å². The highest BCUT2D eigenvalue weighted by Crippen LogP contribution is 2.40. The van der Waals surface area contributed by atoms with E-state index in [-0.39, 0.29) is 5.41 Å². The first-order chi connectivity index (χ1) is 12.4. The molecule has 3 aromatic rings. The summed E-state index contributed by atoms with van der Waals surface area (Å²) in [4.78, 5) is 4.19. The molecule has 0 spiro atoms. The maximum absolute atomic E-state index is 6.23. The van der Waals surface area contributed by atoms with Crippen LogP contribution in [0.5, 0.6) is 0 Å². The van der Waals surface area contributed by atoms with E-state index in [0.29, 0.717) is 0 Å². The van der Waals surface area contributed by atoms with Crippen molar-refractivity contribution in [2.45, 2.75) is 38.7 Å². The van der Waals surface area contributed by atoms with Gasteiger partial charge in [-0.25, -0.2) is 0 Å². The van der Waals surface area contributed by atoms with Gasteiger partial charge in [0, 0.05) is 19.5 Å². The summed E-state index contributed by atoms with van der Waals surface area (Å²) in [6.45, 7) is 8.79. The van der Waals surface area contributed by atoms with Crippen LogP contribution in [0.2, 0.25) is 0 Å². The first-order valence-corrected chi connectivity index (χ1v) is 9.02. The fraction of sp³-hybridized carbons (Fsp3) is 0.292. The molecular weight excluding hydrogens is 318 g/mol. The molecule has 0 aliphatic carbocycles. The Bertz CT molecular complexity index is 845. The number of aryl methyl sites for hydroxylation is 1. The highest BCUT2D eigenvalue weighted by atomic mass is 16.5. The number of benzene rings is 2. The van der Waals surface area contributed by atoms with E-state index < -0.39 is 5.60 Å². The average molecular weight is 345 g/mol. The van der Waals surface area contributed by atoms with E-state index in [4.69, 9.17) is 4.74 Å². The Morgan fingerprint density at radius 3 is 1.54 bits per heavy atom. The van der Waals surface area contributed by atoms with E-state index in [0.717, 1.165) is 16.7 Å². The van der Waals surface area contributed by atoms with Gasteiger partial charge in [0.1, 0.15) is 5.60 Å². The lowest BCUT2D eigenvalue weighted by Crippen LogP contribution is -2.31. The molecule has 1 atom stereocenters. The minimum atomic E-state index is -0.660. The number of methoxy groups -OCH3 is 1. The van der Waals surface area contributed by atoms with Crippen LogP contribution < -0.4 is 0 Å². The van der Waals surface area contributed by atoms with Gasteiger partial charge in [-0.2, -0.15) is 0 Å². The van der Waals surface area contributed by atoms with Gasteiger partial charge >= 0.3 is 0 Å². The molecule has 134 valence electrons. The molecule has 1 unspecified atom stereocenters. The van der Waals surface area contributed by atoms with Crippen LogP contribution in [0.1, 0.15) is 48.6 Å². The van der Waals surface area contributed by atoms with Crippen LogP contribution in [0.25, 0.3) is 0 Å². The number of rotatable bonds is 4. The SMILES string of the molecule is COC(c1ccncc1)(c1ccc(C)cc1)c1ccc(C(C)(C)C)cc1. The van der Waals surface area contributed by atoms with Crippen molar-refractivity contribution in [1.82, 2.24) is 4.98 Å². The molecule has 0 bridgehead atoms. The first kappa shape index (κ1) is 18.3. The largest absolute Gasteiger partial charge is 0.364 e. The van der Waals surface area contributed by atoms with Crippen molar-refractivity contribution in [3.05, 3.63) is 101 Å². The number of pyridine rings is 1. The van der Waals surface area contributed by atoms with Crippen molar-refractivity contribution in [2.24, 2.45) is 0 Å². The van der Waals surface area contributed by atoms with Crippen molar-refractivity contribution >= 4 is 0 Å². The number of ether oxygens (including phenoxy) is 1. The number of nitrogens with zero attached hydrogens (tertiary/aromatic N) is 1. The van der Waals surface area contributed by atoms with Crippen molar-refractivity contribution in [3.8, 4) is 0 Å². The molecule has 0 saturated carbocycles. The third-order valence-electron chi connectivity index (χ3n) is 5.01. The van der Waals surface area contributed by atoms with Crippen LogP contribution in [0.4, 0.5) is 0 Å². The molecule has 2 aromatic carbocycles. The van der Waals surface area contributed by atoms with Crippen LogP contribution in [-0.2, 0) is 15.8 Å². The lowest BCUT2D eigenvalue weighted by molar-refractivity contribution is 0.0584. The molecule has 0 saturated heterocycles. The van der Waals surface area contributed by atoms with E-state index >= 15 is 0 Å². The molecule has 2 heteroatoms. The highest BCUT2D eigenvalue weighted by Gasteiger charge is 2.36. The zero-order chi connectivity index (χ0) is 18.8. The topological polar surface area (TPSA) is 22.1 Å². The second-order valence-corrected chi connectivity index (χ2v) is 7.81. The molecule has 1 heterocycles. The summed E-state index contributed by atoms with van der Waals surface area (Å²) < 4.78 is 6.23. The van der Waals surface area contributed by atoms with Crippen LogP contribution in [0, 0.1) is 6.92 Å². The summed E-state index contributed by atoms with van der Waals surface area (Å²) in [6.07, 6.45) is 3.64. The van der Waals surface area contributed by atoms with Crippen LogP contribution in [0.15, 0.2) is 73.1 Å². The number of hydrogen-bond acceptors (Lipinski definition) is 2. The molecular formula is C24H27NO. The molecule has 0 radical (unpaired) electrons. The molecule has 3 rings (SSSR count). The van der Waals surface area contributed by atoms with Crippen LogP contribution >= 0.6 is 0 Å². The molecule has 2 nitrogen and oxygen atoms in total. The summed E-state index contributed by atoms with van der Waals surface area (Å²) in [5.41, 5.74) is 5.30. The molecule has 26 heavy (non-hydrogen) atoms. The fourth-order valence-corrected chi connectivity index (χ4v) is 3.43. The van der Waals surface area contributed by atoms with Gasteiger partial charge < -0.3 is 4.74 Å². The number of hydrogen-bond donors (Lipinski definition) is 0. The molecule has 0 aliphatic heterocycles. The predicted octanol–water partition coefficient (Wildman–Crippen LogP) is 5.63. The monoisotopic (exact) mass is 345 g/mol. The summed E-state index contributed by atoms with van der Waals surface area (Å²) in [7, 11) is 1.78. The Kier molecular flexibility index (Phi) is 4.97. The van der Waals surface area contributed by atoms with Crippen molar-refractivity contribution < 1.29 is 4.74 Å². The second kappa shape index (κ2) is 7.05. The van der Waals surface area contributed by atoms with E-state index in [9.17, 15) is 0 Å². The summed E-state index contributed by atoms with van der Waals surface area (Å²) in [5, 5.41) is 0. The lowest BCUT2D eigenvalue weighted by Gasteiger charge is -2.35. The Hall–Kier alpha value is -2.45. The third-order valence-corrected chi connectivity index (χ3v) is 5.01. The van der Waals surface area contributed by atoms with E-state index in [1.54, 1.807) is 7.11 Å². The zero-order valence-corrected chi connectivity index (χ0v) is 16.3. The van der Waals surface area contributed by atoms with Crippen LogP contribution in [0.3, 0.4) is 0 Å². The van der Waals surface area contributed by atoms with Gasteiger partial charge in [-0.1, -0.05) is 74.9 Å². The van der Waals surface area contributed by atoms with Gasteiger partial charge in [-0.15, -0.1) is 0 Å². The molecule has 1 aromatic heterocycles. The van der Waals surface area contributed by atoms with Gasteiger partial charge in [-0.3, -0.25) is 4.98 Å². The molecule has 0 N–H and O–H groups in total. The van der Waals surface area contributed by atoms with Crippen LogP contribution in [-0.4, -0.2) is 12.1 Å². The van der Waals surface area contributed by atoms with E-state index in [1.807, 2.05) is 24.5 Å². The lowest BCUT2D eigenvalue weighted by atomic mass is 9.78. The Balaban J connectivity index is 2.22. The zero-order valence-electron chi connectivity index (χ0n) is 16.3. The van der Waals surface area contributed by atoms with Crippen molar-refractivity contribution in [3.63, 3.8) is 0 Å². The molecule has 0 aliphatic rings. The van der Waals surface area contributed by atoms with Crippen molar-refractivity contribution in [1.29, 1.82) is 0 Å². The second-order valence-electron chi connectivity index (χ2n) is 7.81. The fourth-order valence-electron chi connectivity index (χ4n) is 3.43.